The van der Waals surface area contributed by atoms with Crippen molar-refractivity contribution in [2.75, 3.05) is 32.8 Å². The van der Waals surface area contributed by atoms with Crippen LogP contribution in [-0.4, -0.2) is 54.4 Å². The number of carbonyl (C=O) groups excluding carboxylic acids is 2. The Hall–Kier alpha value is -2.01. The predicted molar refractivity (Wildman–Crippen MR) is 88.4 cm³/mol. The molecule has 2 aliphatic heterocycles. The molecule has 5 nitrogen and oxygen atoms in total. The first-order valence-electron chi connectivity index (χ1n) is 7.72. The zero-order valence-electron chi connectivity index (χ0n) is 13.0. The Kier molecular flexibility index (Phi) is 4.57. The number of halogens is 1. The molecule has 2 amide bonds. The standard InChI is InChI=1S/C17H19ClN2O3/c1-12(21)19-5-2-6-20(8-7-19)17(22)14-9-13-10-15(18)3-4-16(13)23-11-14/h3-4,9-10H,2,5-8,11H2,1H3. The van der Waals surface area contributed by atoms with Gasteiger partial charge in [0.2, 0.25) is 5.91 Å². The number of fused-ring (bicyclic) bond motifs is 1. The van der Waals surface area contributed by atoms with E-state index in [1.807, 2.05) is 12.1 Å². The van der Waals surface area contributed by atoms with E-state index in [4.69, 9.17) is 16.3 Å². The van der Waals surface area contributed by atoms with Gasteiger partial charge in [-0.3, -0.25) is 9.59 Å². The first-order valence-corrected chi connectivity index (χ1v) is 8.10. The lowest BCUT2D eigenvalue weighted by Gasteiger charge is -2.25. The molecule has 0 N–H and O–H groups in total. The summed E-state index contributed by atoms with van der Waals surface area (Å²) in [6.07, 6.45) is 2.64. The Morgan fingerprint density at radius 1 is 1.13 bits per heavy atom. The molecule has 0 unspecified atom stereocenters. The van der Waals surface area contributed by atoms with E-state index < -0.39 is 0 Å². The van der Waals surface area contributed by atoms with Gasteiger partial charge in [-0.15, -0.1) is 0 Å². The number of amides is 2. The van der Waals surface area contributed by atoms with Crippen molar-refractivity contribution in [2.45, 2.75) is 13.3 Å². The van der Waals surface area contributed by atoms with Gasteiger partial charge in [0.05, 0.1) is 5.57 Å². The van der Waals surface area contributed by atoms with E-state index in [1.54, 1.807) is 28.9 Å². The summed E-state index contributed by atoms with van der Waals surface area (Å²) in [5, 5.41) is 0.615. The first kappa shape index (κ1) is 15.9. The van der Waals surface area contributed by atoms with Gasteiger partial charge in [0.25, 0.3) is 5.91 Å². The summed E-state index contributed by atoms with van der Waals surface area (Å²) < 4.78 is 5.65. The molecule has 6 heteroatoms. The van der Waals surface area contributed by atoms with Crippen molar-refractivity contribution in [1.29, 1.82) is 0 Å². The van der Waals surface area contributed by atoms with E-state index in [1.165, 1.54) is 0 Å². The molecule has 0 aromatic heterocycles. The van der Waals surface area contributed by atoms with E-state index in [0.717, 1.165) is 17.7 Å². The van der Waals surface area contributed by atoms with E-state index in [2.05, 4.69) is 0 Å². The van der Waals surface area contributed by atoms with Crippen LogP contribution in [-0.2, 0) is 9.59 Å². The molecule has 23 heavy (non-hydrogen) atoms. The summed E-state index contributed by atoms with van der Waals surface area (Å²) >= 11 is 6.00. The highest BCUT2D eigenvalue weighted by Gasteiger charge is 2.25. The van der Waals surface area contributed by atoms with Crippen LogP contribution in [0.25, 0.3) is 6.08 Å². The Balaban J connectivity index is 1.74. The van der Waals surface area contributed by atoms with Gasteiger partial charge in [-0.05, 0) is 30.7 Å². The fourth-order valence-corrected chi connectivity index (χ4v) is 3.09. The van der Waals surface area contributed by atoms with Crippen LogP contribution in [0.2, 0.25) is 5.02 Å². The van der Waals surface area contributed by atoms with Crippen molar-refractivity contribution in [1.82, 2.24) is 9.80 Å². The zero-order chi connectivity index (χ0) is 16.4. The number of carbonyl (C=O) groups is 2. The van der Waals surface area contributed by atoms with Crippen molar-refractivity contribution < 1.29 is 14.3 Å². The van der Waals surface area contributed by atoms with E-state index in [9.17, 15) is 9.59 Å². The second-order valence-corrected chi connectivity index (χ2v) is 6.23. The molecule has 1 fully saturated rings. The number of ether oxygens (including phenoxy) is 1. The normalized spacial score (nSPS) is 17.7. The molecular formula is C17H19ClN2O3. The Bertz CT molecular complexity index is 672. The van der Waals surface area contributed by atoms with Crippen LogP contribution in [0.15, 0.2) is 23.8 Å². The van der Waals surface area contributed by atoms with Crippen molar-refractivity contribution >= 4 is 29.5 Å². The highest BCUT2D eigenvalue weighted by atomic mass is 35.5. The van der Waals surface area contributed by atoms with Crippen LogP contribution in [0.4, 0.5) is 0 Å². The van der Waals surface area contributed by atoms with Gasteiger partial charge in [-0.25, -0.2) is 0 Å². The first-order chi connectivity index (χ1) is 11.0. The van der Waals surface area contributed by atoms with Crippen molar-refractivity contribution in [3.63, 3.8) is 0 Å². The summed E-state index contributed by atoms with van der Waals surface area (Å²) in [6, 6.07) is 5.38. The number of benzene rings is 1. The van der Waals surface area contributed by atoms with Gasteiger partial charge < -0.3 is 14.5 Å². The van der Waals surface area contributed by atoms with Gasteiger partial charge >= 0.3 is 0 Å². The smallest absolute Gasteiger partial charge is 0.253 e. The maximum Gasteiger partial charge on any atom is 0.253 e. The predicted octanol–water partition coefficient (Wildman–Crippen LogP) is 2.20. The molecule has 0 radical (unpaired) electrons. The summed E-state index contributed by atoms with van der Waals surface area (Å²) in [4.78, 5) is 27.8. The van der Waals surface area contributed by atoms with E-state index in [0.29, 0.717) is 36.8 Å². The lowest BCUT2D eigenvalue weighted by atomic mass is 10.1. The van der Waals surface area contributed by atoms with Crippen LogP contribution < -0.4 is 4.74 Å². The third kappa shape index (κ3) is 3.50. The molecule has 0 saturated carbocycles. The molecule has 0 aliphatic carbocycles. The maximum absolute atomic E-state index is 12.7. The van der Waals surface area contributed by atoms with Gasteiger partial charge in [0, 0.05) is 43.7 Å². The molecule has 0 atom stereocenters. The van der Waals surface area contributed by atoms with Gasteiger partial charge in [-0.2, -0.15) is 0 Å². The minimum atomic E-state index is -0.0268. The molecule has 1 saturated heterocycles. The molecule has 3 rings (SSSR count). The lowest BCUT2D eigenvalue weighted by Crippen LogP contribution is -2.38. The summed E-state index contributed by atoms with van der Waals surface area (Å²) in [7, 11) is 0. The molecule has 122 valence electrons. The average Bonchev–Trinajstić information content (AvgIpc) is 2.79. The zero-order valence-corrected chi connectivity index (χ0v) is 13.8. The van der Waals surface area contributed by atoms with Crippen LogP contribution in [0.1, 0.15) is 18.9 Å². The Morgan fingerprint density at radius 2 is 1.87 bits per heavy atom. The molecule has 1 aromatic carbocycles. The average molecular weight is 335 g/mol. The topological polar surface area (TPSA) is 49.9 Å². The van der Waals surface area contributed by atoms with E-state index >= 15 is 0 Å². The number of hydrogen-bond donors (Lipinski definition) is 0. The second kappa shape index (κ2) is 6.62. The van der Waals surface area contributed by atoms with Crippen LogP contribution in [0, 0.1) is 0 Å². The molecule has 2 heterocycles. The van der Waals surface area contributed by atoms with Crippen LogP contribution >= 0.6 is 11.6 Å². The molecule has 0 bridgehead atoms. The number of hydrogen-bond acceptors (Lipinski definition) is 3. The SMILES string of the molecule is CC(=O)N1CCCN(C(=O)C2=Cc3cc(Cl)ccc3OC2)CC1. The highest BCUT2D eigenvalue weighted by Crippen LogP contribution is 2.29. The largest absolute Gasteiger partial charge is 0.488 e. The quantitative estimate of drug-likeness (QED) is 0.791. The Labute approximate surface area is 140 Å². The summed E-state index contributed by atoms with van der Waals surface area (Å²) in [5.74, 6) is 0.772. The van der Waals surface area contributed by atoms with Crippen LogP contribution in [0.3, 0.4) is 0 Å². The Morgan fingerprint density at radius 3 is 2.65 bits per heavy atom. The van der Waals surface area contributed by atoms with Crippen LogP contribution in [0.5, 0.6) is 5.75 Å². The minimum Gasteiger partial charge on any atom is -0.488 e. The van der Waals surface area contributed by atoms with Crippen molar-refractivity contribution in [2.24, 2.45) is 0 Å². The fourth-order valence-electron chi connectivity index (χ4n) is 2.91. The third-order valence-electron chi connectivity index (χ3n) is 4.19. The molecule has 0 spiro atoms. The van der Waals surface area contributed by atoms with Gasteiger partial charge in [-0.1, -0.05) is 11.6 Å². The summed E-state index contributed by atoms with van der Waals surface area (Å²) in [6.45, 7) is 4.32. The van der Waals surface area contributed by atoms with Gasteiger partial charge in [0.15, 0.2) is 0 Å². The monoisotopic (exact) mass is 334 g/mol. The second-order valence-electron chi connectivity index (χ2n) is 5.79. The molecular weight excluding hydrogens is 316 g/mol. The summed E-state index contributed by atoms with van der Waals surface area (Å²) in [5.41, 5.74) is 1.45. The lowest BCUT2D eigenvalue weighted by molar-refractivity contribution is -0.130. The van der Waals surface area contributed by atoms with Crippen molar-refractivity contribution in [3.8, 4) is 5.75 Å². The number of rotatable bonds is 1. The molecule has 2 aliphatic rings. The third-order valence-corrected chi connectivity index (χ3v) is 4.42. The minimum absolute atomic E-state index is 0.0268. The highest BCUT2D eigenvalue weighted by molar-refractivity contribution is 6.30. The maximum atomic E-state index is 12.7. The fraction of sp³-hybridized carbons (Fsp3) is 0.412. The van der Waals surface area contributed by atoms with Crippen molar-refractivity contribution in [3.05, 3.63) is 34.4 Å². The molecule has 1 aromatic rings. The van der Waals surface area contributed by atoms with Gasteiger partial charge in [0.1, 0.15) is 12.4 Å². The van der Waals surface area contributed by atoms with E-state index in [-0.39, 0.29) is 18.4 Å². The number of nitrogens with zero attached hydrogens (tertiary/aromatic N) is 2.